The molecular formula is C14H17NO6S. The highest BCUT2D eigenvalue weighted by Crippen LogP contribution is 2.15. The first-order valence-electron chi connectivity index (χ1n) is 6.81. The minimum absolute atomic E-state index is 0.00987. The van der Waals surface area contributed by atoms with Gasteiger partial charge in [0.1, 0.15) is 0 Å². The molecule has 2 rings (SSSR count). The molecule has 22 heavy (non-hydrogen) atoms. The summed E-state index contributed by atoms with van der Waals surface area (Å²) in [4.78, 5) is 24.8. The van der Waals surface area contributed by atoms with E-state index < -0.39 is 21.9 Å². The van der Waals surface area contributed by atoms with Gasteiger partial charge in [0.2, 0.25) is 0 Å². The molecule has 1 amide bonds. The van der Waals surface area contributed by atoms with E-state index in [9.17, 15) is 18.0 Å². The van der Waals surface area contributed by atoms with Crippen LogP contribution in [0.5, 0.6) is 0 Å². The van der Waals surface area contributed by atoms with Crippen molar-refractivity contribution < 1.29 is 27.9 Å². The fourth-order valence-electron chi connectivity index (χ4n) is 2.14. The second-order valence-corrected chi connectivity index (χ2v) is 7.15. The number of sulfone groups is 1. The number of ether oxygens (including phenoxy) is 1. The van der Waals surface area contributed by atoms with Gasteiger partial charge in [-0.05, 0) is 24.3 Å². The van der Waals surface area contributed by atoms with Crippen LogP contribution in [0.3, 0.4) is 0 Å². The molecule has 7 nitrogen and oxygen atoms in total. The first kappa shape index (κ1) is 16.4. The topological polar surface area (TPSA) is 101 Å². The summed E-state index contributed by atoms with van der Waals surface area (Å²) in [6.45, 7) is 1.99. The van der Waals surface area contributed by atoms with Gasteiger partial charge in [-0.25, -0.2) is 13.2 Å². The summed E-state index contributed by atoms with van der Waals surface area (Å²) in [5.41, 5.74) is 0.320. The molecule has 0 saturated carbocycles. The van der Waals surface area contributed by atoms with E-state index in [1.54, 1.807) is 6.92 Å². The standard InChI is InChI=1S/C14H17NO6S/c1-2-22(19,20)11-5-3-10(4-6-11)13(16)15-7-8-21-12(9-15)14(17)18/h3-6,12H,2,7-9H2,1H3,(H,17,18)/t12-/m1/s1. The van der Waals surface area contributed by atoms with Gasteiger partial charge in [-0.3, -0.25) is 4.79 Å². The zero-order chi connectivity index (χ0) is 16.3. The van der Waals surface area contributed by atoms with Crippen molar-refractivity contribution in [2.45, 2.75) is 17.9 Å². The molecule has 1 fully saturated rings. The second-order valence-electron chi connectivity index (χ2n) is 4.88. The molecule has 1 aliphatic heterocycles. The van der Waals surface area contributed by atoms with E-state index in [-0.39, 0.29) is 29.7 Å². The van der Waals surface area contributed by atoms with Gasteiger partial charge < -0.3 is 14.7 Å². The van der Waals surface area contributed by atoms with Crippen molar-refractivity contribution in [1.82, 2.24) is 4.90 Å². The Kier molecular flexibility index (Phi) is 4.82. The van der Waals surface area contributed by atoms with E-state index in [1.807, 2.05) is 0 Å². The lowest BCUT2D eigenvalue weighted by Crippen LogP contribution is -2.48. The fourth-order valence-corrected chi connectivity index (χ4v) is 3.02. The summed E-state index contributed by atoms with van der Waals surface area (Å²) in [5, 5.41) is 8.93. The molecule has 0 unspecified atom stereocenters. The number of carbonyl (C=O) groups excluding carboxylic acids is 1. The van der Waals surface area contributed by atoms with Crippen LogP contribution in [-0.2, 0) is 19.4 Å². The number of carboxylic acids is 1. The monoisotopic (exact) mass is 327 g/mol. The zero-order valence-corrected chi connectivity index (χ0v) is 12.9. The lowest BCUT2D eigenvalue weighted by molar-refractivity contribution is -0.154. The molecule has 1 aliphatic rings. The Labute approximate surface area is 128 Å². The van der Waals surface area contributed by atoms with E-state index >= 15 is 0 Å². The zero-order valence-electron chi connectivity index (χ0n) is 12.1. The van der Waals surface area contributed by atoms with Crippen molar-refractivity contribution in [3.8, 4) is 0 Å². The van der Waals surface area contributed by atoms with Crippen LogP contribution in [-0.4, -0.2) is 61.9 Å². The predicted molar refractivity (Wildman–Crippen MR) is 77.4 cm³/mol. The molecule has 1 aromatic carbocycles. The lowest BCUT2D eigenvalue weighted by atomic mass is 10.1. The lowest BCUT2D eigenvalue weighted by Gasteiger charge is -2.30. The maximum atomic E-state index is 12.3. The van der Waals surface area contributed by atoms with Crippen LogP contribution in [0.25, 0.3) is 0 Å². The maximum absolute atomic E-state index is 12.3. The van der Waals surface area contributed by atoms with Crippen LogP contribution in [0, 0.1) is 0 Å². The van der Waals surface area contributed by atoms with Crippen molar-refractivity contribution in [3.05, 3.63) is 29.8 Å². The van der Waals surface area contributed by atoms with Gasteiger partial charge in [0.15, 0.2) is 15.9 Å². The summed E-state index contributed by atoms with van der Waals surface area (Å²) in [5.74, 6) is -1.46. The number of rotatable bonds is 4. The van der Waals surface area contributed by atoms with Crippen molar-refractivity contribution in [3.63, 3.8) is 0 Å². The van der Waals surface area contributed by atoms with Crippen LogP contribution >= 0.6 is 0 Å². The normalized spacial score (nSPS) is 19.0. The Bertz CT molecular complexity index is 667. The number of nitrogens with zero attached hydrogens (tertiary/aromatic N) is 1. The summed E-state index contributed by atoms with van der Waals surface area (Å²) < 4.78 is 28.5. The number of hydrogen-bond acceptors (Lipinski definition) is 5. The number of morpholine rings is 1. The first-order valence-corrected chi connectivity index (χ1v) is 8.47. The molecule has 0 bridgehead atoms. The molecule has 1 aromatic rings. The Morgan fingerprint density at radius 2 is 1.95 bits per heavy atom. The van der Waals surface area contributed by atoms with Gasteiger partial charge >= 0.3 is 5.97 Å². The molecule has 1 N–H and O–H groups in total. The number of amides is 1. The largest absolute Gasteiger partial charge is 0.479 e. The fraction of sp³-hybridized carbons (Fsp3) is 0.429. The summed E-state index contributed by atoms with van der Waals surface area (Å²) in [7, 11) is -3.31. The highest BCUT2D eigenvalue weighted by Gasteiger charge is 2.29. The molecule has 8 heteroatoms. The van der Waals surface area contributed by atoms with Crippen molar-refractivity contribution in [1.29, 1.82) is 0 Å². The number of aliphatic carboxylic acids is 1. The van der Waals surface area contributed by atoms with Gasteiger partial charge in [0.05, 0.1) is 23.8 Å². The molecule has 1 atom stereocenters. The van der Waals surface area contributed by atoms with Crippen molar-refractivity contribution in [2.75, 3.05) is 25.4 Å². The third-order valence-electron chi connectivity index (χ3n) is 3.47. The molecule has 1 saturated heterocycles. The van der Waals surface area contributed by atoms with E-state index in [1.165, 1.54) is 29.2 Å². The van der Waals surface area contributed by atoms with Crippen LogP contribution in [0.1, 0.15) is 17.3 Å². The van der Waals surface area contributed by atoms with Crippen molar-refractivity contribution >= 4 is 21.7 Å². The molecular weight excluding hydrogens is 310 g/mol. The summed E-state index contributed by atoms with van der Waals surface area (Å²) >= 11 is 0. The number of carboxylic acid groups (broad SMARTS) is 1. The van der Waals surface area contributed by atoms with E-state index in [4.69, 9.17) is 9.84 Å². The van der Waals surface area contributed by atoms with Gasteiger partial charge in [0.25, 0.3) is 5.91 Å². The summed E-state index contributed by atoms with van der Waals surface area (Å²) in [6, 6.07) is 5.66. The average Bonchev–Trinajstić information content (AvgIpc) is 2.54. The number of benzene rings is 1. The molecule has 120 valence electrons. The highest BCUT2D eigenvalue weighted by molar-refractivity contribution is 7.91. The first-order chi connectivity index (χ1) is 10.3. The minimum atomic E-state index is -3.31. The maximum Gasteiger partial charge on any atom is 0.334 e. The van der Waals surface area contributed by atoms with Crippen LogP contribution in [0.15, 0.2) is 29.2 Å². The van der Waals surface area contributed by atoms with Crippen LogP contribution in [0.4, 0.5) is 0 Å². The molecule has 0 aromatic heterocycles. The van der Waals surface area contributed by atoms with Crippen molar-refractivity contribution in [2.24, 2.45) is 0 Å². The smallest absolute Gasteiger partial charge is 0.334 e. The molecule has 1 heterocycles. The van der Waals surface area contributed by atoms with E-state index in [0.29, 0.717) is 12.1 Å². The van der Waals surface area contributed by atoms with E-state index in [2.05, 4.69) is 0 Å². The van der Waals surface area contributed by atoms with Gasteiger partial charge in [-0.2, -0.15) is 0 Å². The quantitative estimate of drug-likeness (QED) is 0.859. The molecule has 0 radical (unpaired) electrons. The second kappa shape index (κ2) is 6.45. The van der Waals surface area contributed by atoms with Gasteiger partial charge in [0, 0.05) is 12.1 Å². The minimum Gasteiger partial charge on any atom is -0.479 e. The number of hydrogen-bond donors (Lipinski definition) is 1. The SMILES string of the molecule is CCS(=O)(=O)c1ccc(C(=O)N2CCO[C@@H](C(=O)O)C2)cc1. The van der Waals surface area contributed by atoms with E-state index in [0.717, 1.165) is 0 Å². The number of carbonyl (C=O) groups is 2. The third-order valence-corrected chi connectivity index (χ3v) is 5.22. The Morgan fingerprint density at radius 3 is 2.50 bits per heavy atom. The Balaban J connectivity index is 2.14. The molecule has 0 aliphatic carbocycles. The molecule has 0 spiro atoms. The Hall–Kier alpha value is -1.93. The van der Waals surface area contributed by atoms with Crippen LogP contribution in [0.2, 0.25) is 0 Å². The highest BCUT2D eigenvalue weighted by atomic mass is 32.2. The average molecular weight is 327 g/mol. The summed E-state index contributed by atoms with van der Waals surface area (Å²) in [6.07, 6.45) is -1.03. The van der Waals surface area contributed by atoms with Crippen LogP contribution < -0.4 is 0 Å². The van der Waals surface area contributed by atoms with Gasteiger partial charge in [-0.15, -0.1) is 0 Å². The Morgan fingerprint density at radius 1 is 1.32 bits per heavy atom. The third kappa shape index (κ3) is 3.45. The van der Waals surface area contributed by atoms with Gasteiger partial charge in [-0.1, -0.05) is 6.92 Å². The predicted octanol–water partition coefficient (Wildman–Crippen LogP) is 0.406.